The van der Waals surface area contributed by atoms with E-state index in [4.69, 9.17) is 0 Å². The van der Waals surface area contributed by atoms with Crippen LogP contribution >= 0.6 is 11.8 Å². The highest BCUT2D eigenvalue weighted by Crippen LogP contribution is 2.33. The van der Waals surface area contributed by atoms with Gasteiger partial charge in [0.15, 0.2) is 0 Å². The van der Waals surface area contributed by atoms with Crippen molar-refractivity contribution >= 4 is 45.7 Å². The van der Waals surface area contributed by atoms with Crippen LogP contribution in [0.25, 0.3) is 10.8 Å². The Hall–Kier alpha value is -2.28. The Bertz CT molecular complexity index is 892. The minimum absolute atomic E-state index is 0.0812. The van der Waals surface area contributed by atoms with Crippen molar-refractivity contribution in [1.82, 2.24) is 9.88 Å². The van der Waals surface area contributed by atoms with Gasteiger partial charge in [0.05, 0.1) is 17.2 Å². The second kappa shape index (κ2) is 10.2. The molecule has 4 rings (SSSR count). The van der Waals surface area contributed by atoms with E-state index in [1.807, 2.05) is 29.4 Å². The van der Waals surface area contributed by atoms with Crippen LogP contribution < -0.4 is 10.2 Å². The lowest BCUT2D eigenvalue weighted by Gasteiger charge is -2.30. The monoisotopic (exact) mass is 426 g/mol. The molecule has 2 aliphatic heterocycles. The molecule has 2 amide bonds. The Morgan fingerprint density at radius 3 is 2.40 bits per heavy atom. The zero-order chi connectivity index (χ0) is 20.8. The van der Waals surface area contributed by atoms with Crippen LogP contribution in [0.4, 0.5) is 11.4 Å². The molecule has 0 aliphatic carbocycles. The maximum atomic E-state index is 12.5. The van der Waals surface area contributed by atoms with Gasteiger partial charge in [-0.2, -0.15) is 0 Å². The van der Waals surface area contributed by atoms with Gasteiger partial charge < -0.3 is 15.1 Å². The van der Waals surface area contributed by atoms with E-state index in [9.17, 15) is 9.59 Å². The predicted molar refractivity (Wildman–Crippen MR) is 124 cm³/mol. The van der Waals surface area contributed by atoms with E-state index in [0.29, 0.717) is 5.75 Å². The van der Waals surface area contributed by atoms with Crippen molar-refractivity contribution in [3.05, 3.63) is 30.6 Å². The lowest BCUT2D eigenvalue weighted by Crippen LogP contribution is -2.37. The van der Waals surface area contributed by atoms with E-state index in [0.717, 1.165) is 55.5 Å². The molecule has 3 heterocycles. The average molecular weight is 427 g/mol. The van der Waals surface area contributed by atoms with Crippen LogP contribution in [-0.2, 0) is 9.59 Å². The molecule has 6 nitrogen and oxygen atoms in total. The molecule has 0 spiro atoms. The highest BCUT2D eigenvalue weighted by atomic mass is 32.2. The molecular weight excluding hydrogens is 396 g/mol. The van der Waals surface area contributed by atoms with Gasteiger partial charge in [-0.1, -0.05) is 0 Å². The van der Waals surface area contributed by atoms with E-state index in [2.05, 4.69) is 21.3 Å². The van der Waals surface area contributed by atoms with Crippen LogP contribution in [0.15, 0.2) is 30.6 Å². The summed E-state index contributed by atoms with van der Waals surface area (Å²) in [6.07, 6.45) is 10.8. The maximum Gasteiger partial charge on any atom is 0.234 e. The van der Waals surface area contributed by atoms with E-state index in [-0.39, 0.29) is 17.6 Å². The number of benzene rings is 1. The molecule has 0 atom stereocenters. The largest absolute Gasteiger partial charge is 0.371 e. The maximum absolute atomic E-state index is 12.5. The van der Waals surface area contributed by atoms with Crippen LogP contribution in [0.3, 0.4) is 0 Å². The van der Waals surface area contributed by atoms with Gasteiger partial charge in [-0.3, -0.25) is 14.6 Å². The first kappa shape index (κ1) is 21.0. The summed E-state index contributed by atoms with van der Waals surface area (Å²) in [6, 6.07) is 6.12. The highest BCUT2D eigenvalue weighted by molar-refractivity contribution is 8.00. The van der Waals surface area contributed by atoms with Crippen LogP contribution in [0.5, 0.6) is 0 Å². The molecule has 7 heteroatoms. The van der Waals surface area contributed by atoms with Crippen LogP contribution in [-0.4, -0.2) is 59.4 Å². The van der Waals surface area contributed by atoms with Gasteiger partial charge in [-0.15, -0.1) is 11.8 Å². The predicted octanol–water partition coefficient (Wildman–Crippen LogP) is 3.91. The highest BCUT2D eigenvalue weighted by Gasteiger charge is 2.18. The van der Waals surface area contributed by atoms with Gasteiger partial charge in [0.1, 0.15) is 0 Å². The molecule has 2 saturated heterocycles. The summed E-state index contributed by atoms with van der Waals surface area (Å²) in [4.78, 5) is 33.4. The number of anilines is 2. The lowest BCUT2D eigenvalue weighted by atomic mass is 10.1. The number of fused-ring (bicyclic) bond motifs is 1. The van der Waals surface area contributed by atoms with Crippen molar-refractivity contribution in [1.29, 1.82) is 0 Å². The van der Waals surface area contributed by atoms with Gasteiger partial charge in [-0.25, -0.2) is 0 Å². The summed E-state index contributed by atoms with van der Waals surface area (Å²) in [5, 5.41) is 5.11. The molecule has 0 unspecified atom stereocenters. The smallest absolute Gasteiger partial charge is 0.234 e. The van der Waals surface area contributed by atoms with Gasteiger partial charge in [0.25, 0.3) is 0 Å². The number of piperidine rings is 2. The summed E-state index contributed by atoms with van der Waals surface area (Å²) < 4.78 is 0. The molecule has 1 N–H and O–H groups in total. The molecule has 2 aromatic rings. The van der Waals surface area contributed by atoms with Crippen molar-refractivity contribution in [3.63, 3.8) is 0 Å². The summed E-state index contributed by atoms with van der Waals surface area (Å²) in [5.41, 5.74) is 2.00. The average Bonchev–Trinajstić information content (AvgIpc) is 2.80. The van der Waals surface area contributed by atoms with Crippen molar-refractivity contribution in [2.24, 2.45) is 0 Å². The second-order valence-corrected chi connectivity index (χ2v) is 9.07. The van der Waals surface area contributed by atoms with Crippen LogP contribution in [0.1, 0.15) is 38.5 Å². The topological polar surface area (TPSA) is 65.5 Å². The van der Waals surface area contributed by atoms with Gasteiger partial charge in [-0.05, 0) is 56.7 Å². The first-order chi connectivity index (χ1) is 14.7. The number of carbonyl (C=O) groups is 2. The number of thioether (sulfide) groups is 1. The summed E-state index contributed by atoms with van der Waals surface area (Å²) in [6.45, 7) is 3.86. The first-order valence-corrected chi connectivity index (χ1v) is 12.1. The Balaban J connectivity index is 1.37. The third kappa shape index (κ3) is 5.06. The molecule has 0 radical (unpaired) electrons. The number of nitrogens with one attached hydrogen (secondary N) is 1. The Morgan fingerprint density at radius 2 is 1.63 bits per heavy atom. The van der Waals surface area contributed by atoms with Crippen LogP contribution in [0.2, 0.25) is 0 Å². The number of hydrogen-bond acceptors (Lipinski definition) is 5. The van der Waals surface area contributed by atoms with Gasteiger partial charge in [0, 0.05) is 55.0 Å². The Kier molecular flexibility index (Phi) is 7.10. The third-order valence-corrected chi connectivity index (χ3v) is 6.85. The Labute approximate surface area is 182 Å². The minimum atomic E-state index is -0.0812. The molecule has 1 aromatic heterocycles. The number of pyridine rings is 1. The van der Waals surface area contributed by atoms with Crippen molar-refractivity contribution in [2.45, 2.75) is 38.5 Å². The molecule has 0 saturated carbocycles. The number of amides is 2. The lowest BCUT2D eigenvalue weighted by molar-refractivity contribution is -0.129. The number of aromatic nitrogens is 1. The zero-order valence-electron chi connectivity index (χ0n) is 17.4. The standard InChI is InChI=1S/C23H30N4O2S/c28-22(16-30-17-23(29)27-13-5-2-6-14-27)25-20-7-8-21(26-11-3-1-4-12-26)18-9-10-24-15-19(18)20/h7-10,15H,1-6,11-14,16-17H2,(H,25,28). The first-order valence-electron chi connectivity index (χ1n) is 11.0. The summed E-state index contributed by atoms with van der Waals surface area (Å²) in [7, 11) is 0. The summed E-state index contributed by atoms with van der Waals surface area (Å²) >= 11 is 1.39. The fourth-order valence-corrected chi connectivity index (χ4v) is 5.06. The van der Waals surface area contributed by atoms with E-state index in [1.54, 1.807) is 0 Å². The van der Waals surface area contributed by atoms with E-state index >= 15 is 0 Å². The Morgan fingerprint density at radius 1 is 0.900 bits per heavy atom. The zero-order valence-corrected chi connectivity index (χ0v) is 18.3. The SMILES string of the molecule is O=C(CSCC(=O)N1CCCCC1)Nc1ccc(N2CCCCC2)c2ccncc12. The van der Waals surface area contributed by atoms with E-state index < -0.39 is 0 Å². The quantitative estimate of drug-likeness (QED) is 0.759. The molecule has 30 heavy (non-hydrogen) atoms. The molecule has 2 aliphatic rings. The molecule has 160 valence electrons. The third-order valence-electron chi connectivity index (χ3n) is 5.93. The molecule has 0 bridgehead atoms. The van der Waals surface area contributed by atoms with Crippen LogP contribution in [0, 0.1) is 0 Å². The van der Waals surface area contributed by atoms with Gasteiger partial charge >= 0.3 is 0 Å². The minimum Gasteiger partial charge on any atom is -0.371 e. The fraction of sp³-hybridized carbons (Fsp3) is 0.522. The molecular formula is C23H30N4O2S. The van der Waals surface area contributed by atoms with E-state index in [1.165, 1.54) is 43.1 Å². The second-order valence-electron chi connectivity index (χ2n) is 8.08. The fourth-order valence-electron chi connectivity index (χ4n) is 4.35. The number of carbonyl (C=O) groups excluding carboxylic acids is 2. The molecule has 1 aromatic carbocycles. The number of rotatable bonds is 6. The van der Waals surface area contributed by atoms with Crippen molar-refractivity contribution in [2.75, 3.05) is 47.9 Å². The number of hydrogen-bond donors (Lipinski definition) is 1. The molecule has 2 fully saturated rings. The normalized spacial score (nSPS) is 17.2. The van der Waals surface area contributed by atoms with Crippen molar-refractivity contribution in [3.8, 4) is 0 Å². The van der Waals surface area contributed by atoms with Crippen molar-refractivity contribution < 1.29 is 9.59 Å². The number of likely N-dealkylation sites (tertiary alicyclic amines) is 1. The number of nitrogens with zero attached hydrogens (tertiary/aromatic N) is 3. The van der Waals surface area contributed by atoms with Gasteiger partial charge in [0.2, 0.25) is 11.8 Å². The summed E-state index contributed by atoms with van der Waals surface area (Å²) in [5.74, 6) is 0.703.